The second kappa shape index (κ2) is 9.53. The molecule has 6 heteroatoms. The van der Waals surface area contributed by atoms with E-state index in [2.05, 4.69) is 11.9 Å². The summed E-state index contributed by atoms with van der Waals surface area (Å²) in [7, 11) is 0. The Balaban J connectivity index is 2.44. The van der Waals surface area contributed by atoms with Gasteiger partial charge >= 0.3 is 0 Å². The lowest BCUT2D eigenvalue weighted by Crippen LogP contribution is -2.37. The van der Waals surface area contributed by atoms with Gasteiger partial charge in [-0.15, -0.1) is 0 Å². The van der Waals surface area contributed by atoms with E-state index in [9.17, 15) is 9.59 Å². The van der Waals surface area contributed by atoms with Crippen molar-refractivity contribution >= 4 is 17.5 Å². The van der Waals surface area contributed by atoms with Crippen LogP contribution < -0.4 is 5.56 Å². The van der Waals surface area contributed by atoms with Gasteiger partial charge in [-0.1, -0.05) is 44.0 Å². The zero-order valence-corrected chi connectivity index (χ0v) is 16.4. The highest BCUT2D eigenvalue weighted by atomic mass is 35.5. The van der Waals surface area contributed by atoms with E-state index in [0.717, 1.165) is 18.4 Å². The van der Waals surface area contributed by atoms with E-state index >= 15 is 0 Å². The van der Waals surface area contributed by atoms with E-state index in [0.29, 0.717) is 36.1 Å². The molecule has 2 aromatic rings. The van der Waals surface area contributed by atoms with Gasteiger partial charge in [0.25, 0.3) is 5.56 Å². The fraction of sp³-hybridized carbons (Fsp3) is 0.450. The van der Waals surface area contributed by atoms with E-state index in [-0.39, 0.29) is 18.0 Å². The number of likely N-dealkylation sites (N-methyl/N-ethyl adjacent to an activating group) is 1. The van der Waals surface area contributed by atoms with Crippen LogP contribution in [0.15, 0.2) is 35.1 Å². The summed E-state index contributed by atoms with van der Waals surface area (Å²) >= 11 is 6.11. The smallest absolute Gasteiger partial charge is 0.254 e. The second-order valence-corrected chi connectivity index (χ2v) is 6.62. The average molecular weight is 376 g/mol. The minimum Gasteiger partial charge on any atom is -0.341 e. The van der Waals surface area contributed by atoms with Gasteiger partial charge in [-0.2, -0.15) is 0 Å². The molecule has 0 aliphatic carbocycles. The summed E-state index contributed by atoms with van der Waals surface area (Å²) in [5.41, 5.74) is 1.22. The van der Waals surface area contributed by atoms with Gasteiger partial charge < -0.3 is 4.90 Å². The number of amides is 1. The van der Waals surface area contributed by atoms with Crippen molar-refractivity contribution in [2.75, 3.05) is 13.1 Å². The van der Waals surface area contributed by atoms with E-state index < -0.39 is 0 Å². The Morgan fingerprint density at radius 1 is 1.23 bits per heavy atom. The highest BCUT2D eigenvalue weighted by molar-refractivity contribution is 6.30. The second-order valence-electron chi connectivity index (χ2n) is 6.19. The SMILES string of the molecule is CCCCN(CC)C(=O)Cn1c(-c2cccc(Cl)c2)nc(CC)cc1=O. The standard InChI is InChI=1S/C20H26ClN3O2/c1-4-7-11-23(6-3)19(26)14-24-18(25)13-17(5-2)22-20(24)15-9-8-10-16(21)12-15/h8-10,12-13H,4-7,11,14H2,1-3H3. The summed E-state index contributed by atoms with van der Waals surface area (Å²) in [6, 6.07) is 8.70. The number of unbranched alkanes of at least 4 members (excludes halogenated alkanes) is 1. The molecule has 0 radical (unpaired) electrons. The van der Waals surface area contributed by atoms with Crippen molar-refractivity contribution in [2.45, 2.75) is 46.6 Å². The molecule has 0 unspecified atom stereocenters. The van der Waals surface area contributed by atoms with Crippen molar-refractivity contribution in [2.24, 2.45) is 0 Å². The zero-order chi connectivity index (χ0) is 19.1. The van der Waals surface area contributed by atoms with Crippen molar-refractivity contribution in [3.8, 4) is 11.4 Å². The van der Waals surface area contributed by atoms with Crippen LogP contribution in [0.1, 0.15) is 39.3 Å². The Kier molecular flexibility index (Phi) is 7.39. The van der Waals surface area contributed by atoms with Gasteiger partial charge in [0.2, 0.25) is 5.91 Å². The van der Waals surface area contributed by atoms with Crippen molar-refractivity contribution < 1.29 is 4.79 Å². The maximum Gasteiger partial charge on any atom is 0.254 e. The number of benzene rings is 1. The van der Waals surface area contributed by atoms with E-state index in [1.165, 1.54) is 10.6 Å². The maximum atomic E-state index is 12.7. The molecular formula is C20H26ClN3O2. The van der Waals surface area contributed by atoms with Crippen LogP contribution in [0.3, 0.4) is 0 Å². The number of rotatable bonds is 8. The molecular weight excluding hydrogens is 350 g/mol. The third kappa shape index (κ3) is 4.94. The van der Waals surface area contributed by atoms with Gasteiger partial charge in [-0.05, 0) is 31.9 Å². The minimum absolute atomic E-state index is 0.0186. The first kappa shape index (κ1) is 20.2. The molecule has 5 nitrogen and oxygen atoms in total. The highest BCUT2D eigenvalue weighted by Crippen LogP contribution is 2.21. The van der Waals surface area contributed by atoms with Crippen LogP contribution in [-0.4, -0.2) is 33.4 Å². The maximum absolute atomic E-state index is 12.7. The first-order valence-electron chi connectivity index (χ1n) is 9.14. The van der Waals surface area contributed by atoms with Gasteiger partial charge in [0.05, 0.1) is 0 Å². The number of halogens is 1. The predicted molar refractivity (Wildman–Crippen MR) is 105 cm³/mol. The largest absolute Gasteiger partial charge is 0.341 e. The van der Waals surface area contributed by atoms with E-state index in [1.54, 1.807) is 17.0 Å². The van der Waals surface area contributed by atoms with Crippen LogP contribution in [0.2, 0.25) is 5.02 Å². The molecule has 0 aliphatic rings. The molecule has 1 aromatic heterocycles. The van der Waals surface area contributed by atoms with E-state index in [4.69, 9.17) is 11.6 Å². The first-order chi connectivity index (χ1) is 12.5. The Hall–Kier alpha value is -2.14. The van der Waals surface area contributed by atoms with Gasteiger partial charge in [-0.3, -0.25) is 14.2 Å². The lowest BCUT2D eigenvalue weighted by atomic mass is 10.2. The van der Waals surface area contributed by atoms with Crippen molar-refractivity contribution in [1.29, 1.82) is 0 Å². The molecule has 2 rings (SSSR count). The number of aromatic nitrogens is 2. The predicted octanol–water partition coefficient (Wildman–Crippen LogP) is 3.77. The number of nitrogens with zero attached hydrogens (tertiary/aromatic N) is 3. The van der Waals surface area contributed by atoms with Crippen LogP contribution in [0.25, 0.3) is 11.4 Å². The molecule has 140 valence electrons. The number of aryl methyl sites for hydroxylation is 1. The Bertz CT molecular complexity index is 817. The molecule has 1 amide bonds. The van der Waals surface area contributed by atoms with Crippen molar-refractivity contribution in [1.82, 2.24) is 14.5 Å². The van der Waals surface area contributed by atoms with Gasteiger partial charge in [0.1, 0.15) is 12.4 Å². The van der Waals surface area contributed by atoms with Crippen molar-refractivity contribution in [3.63, 3.8) is 0 Å². The third-order valence-electron chi connectivity index (χ3n) is 4.32. The van der Waals surface area contributed by atoms with Crippen LogP contribution in [0.4, 0.5) is 0 Å². The number of hydrogen-bond acceptors (Lipinski definition) is 3. The molecule has 0 atom stereocenters. The fourth-order valence-electron chi connectivity index (χ4n) is 2.78. The van der Waals surface area contributed by atoms with Crippen LogP contribution in [0, 0.1) is 0 Å². The molecule has 0 saturated heterocycles. The van der Waals surface area contributed by atoms with Gasteiger partial charge in [0, 0.05) is 35.4 Å². The molecule has 0 fully saturated rings. The summed E-state index contributed by atoms with van der Waals surface area (Å²) < 4.78 is 1.45. The number of hydrogen-bond donors (Lipinski definition) is 0. The molecule has 0 N–H and O–H groups in total. The molecule has 1 heterocycles. The molecule has 26 heavy (non-hydrogen) atoms. The highest BCUT2D eigenvalue weighted by Gasteiger charge is 2.17. The van der Waals surface area contributed by atoms with Crippen molar-refractivity contribution in [3.05, 3.63) is 51.4 Å². The van der Waals surface area contributed by atoms with E-state index in [1.807, 2.05) is 26.0 Å². The lowest BCUT2D eigenvalue weighted by molar-refractivity contribution is -0.131. The van der Waals surface area contributed by atoms with Crippen LogP contribution in [0.5, 0.6) is 0 Å². The Labute approximate surface area is 159 Å². The average Bonchev–Trinajstić information content (AvgIpc) is 2.63. The summed E-state index contributed by atoms with van der Waals surface area (Å²) in [5.74, 6) is 0.411. The topological polar surface area (TPSA) is 55.2 Å². The monoisotopic (exact) mass is 375 g/mol. The summed E-state index contributed by atoms with van der Waals surface area (Å²) in [6.07, 6.45) is 2.61. The lowest BCUT2D eigenvalue weighted by Gasteiger charge is -2.22. The molecule has 0 spiro atoms. The summed E-state index contributed by atoms with van der Waals surface area (Å²) in [6.45, 7) is 7.30. The fourth-order valence-corrected chi connectivity index (χ4v) is 2.97. The van der Waals surface area contributed by atoms with Gasteiger partial charge in [0.15, 0.2) is 0 Å². The number of carbonyl (C=O) groups excluding carboxylic acids is 1. The molecule has 1 aromatic carbocycles. The summed E-state index contributed by atoms with van der Waals surface area (Å²) in [4.78, 5) is 31.8. The molecule has 0 bridgehead atoms. The summed E-state index contributed by atoms with van der Waals surface area (Å²) in [5, 5.41) is 0.564. The Morgan fingerprint density at radius 3 is 2.62 bits per heavy atom. The normalized spacial score (nSPS) is 10.8. The van der Waals surface area contributed by atoms with Crippen LogP contribution in [-0.2, 0) is 17.8 Å². The number of carbonyl (C=O) groups is 1. The molecule has 0 aliphatic heterocycles. The zero-order valence-electron chi connectivity index (χ0n) is 15.7. The van der Waals surface area contributed by atoms with Gasteiger partial charge in [-0.25, -0.2) is 4.98 Å². The first-order valence-corrected chi connectivity index (χ1v) is 9.52. The quantitative estimate of drug-likeness (QED) is 0.705. The minimum atomic E-state index is -0.216. The van der Waals surface area contributed by atoms with Crippen LogP contribution >= 0.6 is 11.6 Å². The Morgan fingerprint density at radius 2 is 2.00 bits per heavy atom. The molecule has 0 saturated carbocycles. The third-order valence-corrected chi connectivity index (χ3v) is 4.55.